The average molecular weight is 420 g/mol. The van der Waals surface area contributed by atoms with Crippen molar-refractivity contribution in [3.63, 3.8) is 0 Å². The number of hydrogen-bond acceptors (Lipinski definition) is 4. The standard InChI is InChI=1S/C23H21FN4O3/c1-31-11-10-26-22(29)15-28-14-17(18-6-2-5-9-21(18)28)12-16(13-25)23(30)27-20-8-4-3-7-19(20)24/h2-9,12,14H,10-11,15H2,1H3,(H,26,29)(H,27,30)/b16-12+. The minimum atomic E-state index is -0.721. The summed E-state index contributed by atoms with van der Waals surface area (Å²) in [5.41, 5.74) is 1.18. The second kappa shape index (κ2) is 10.2. The first kappa shape index (κ1) is 21.7. The number of rotatable bonds is 8. The molecule has 3 rings (SSSR count). The zero-order valence-electron chi connectivity index (χ0n) is 16.9. The van der Waals surface area contributed by atoms with Crippen LogP contribution in [0, 0.1) is 17.1 Å². The van der Waals surface area contributed by atoms with Gasteiger partial charge in [0.2, 0.25) is 5.91 Å². The minimum absolute atomic E-state index is 0.0104. The lowest BCUT2D eigenvalue weighted by atomic mass is 10.1. The first-order valence-electron chi connectivity index (χ1n) is 9.54. The molecule has 0 saturated carbocycles. The molecule has 1 heterocycles. The summed E-state index contributed by atoms with van der Waals surface area (Å²) in [5, 5.41) is 15.4. The van der Waals surface area contributed by atoms with Gasteiger partial charge in [-0.3, -0.25) is 9.59 Å². The fraction of sp³-hybridized carbons (Fsp3) is 0.174. The van der Waals surface area contributed by atoms with Gasteiger partial charge in [-0.25, -0.2) is 4.39 Å². The monoisotopic (exact) mass is 420 g/mol. The fourth-order valence-corrected chi connectivity index (χ4v) is 3.08. The number of amides is 2. The molecule has 0 radical (unpaired) electrons. The Morgan fingerprint density at radius 3 is 2.68 bits per heavy atom. The first-order chi connectivity index (χ1) is 15.0. The molecule has 31 heavy (non-hydrogen) atoms. The van der Waals surface area contributed by atoms with E-state index in [1.807, 2.05) is 30.3 Å². The SMILES string of the molecule is COCCNC(=O)Cn1cc(/C=C(\C#N)C(=O)Nc2ccccc2F)c2ccccc21. The number of fused-ring (bicyclic) bond motifs is 1. The van der Waals surface area contributed by atoms with Gasteiger partial charge in [0.15, 0.2) is 0 Å². The van der Waals surface area contributed by atoms with Gasteiger partial charge in [0, 0.05) is 36.3 Å². The van der Waals surface area contributed by atoms with Crippen molar-refractivity contribution >= 4 is 34.5 Å². The van der Waals surface area contributed by atoms with E-state index in [1.165, 1.54) is 24.3 Å². The molecule has 3 aromatic rings. The Kier molecular flexibility index (Phi) is 7.14. The molecule has 1 aromatic heterocycles. The molecule has 2 amide bonds. The normalized spacial score (nSPS) is 11.2. The van der Waals surface area contributed by atoms with Crippen LogP contribution in [0.4, 0.5) is 10.1 Å². The van der Waals surface area contributed by atoms with Gasteiger partial charge in [-0.1, -0.05) is 30.3 Å². The molecule has 0 bridgehead atoms. The summed E-state index contributed by atoms with van der Waals surface area (Å²) in [4.78, 5) is 24.7. The third-order valence-electron chi connectivity index (χ3n) is 4.55. The molecule has 158 valence electrons. The van der Waals surface area contributed by atoms with Gasteiger partial charge in [0.1, 0.15) is 24.0 Å². The van der Waals surface area contributed by atoms with E-state index < -0.39 is 11.7 Å². The maximum Gasteiger partial charge on any atom is 0.266 e. The van der Waals surface area contributed by atoms with Crippen LogP contribution in [-0.4, -0.2) is 36.6 Å². The Morgan fingerprint density at radius 1 is 1.19 bits per heavy atom. The maximum absolute atomic E-state index is 13.8. The summed E-state index contributed by atoms with van der Waals surface area (Å²) >= 11 is 0. The van der Waals surface area contributed by atoms with Gasteiger partial charge >= 0.3 is 0 Å². The number of methoxy groups -OCH3 is 1. The minimum Gasteiger partial charge on any atom is -0.383 e. The van der Waals surface area contributed by atoms with Crippen LogP contribution in [0.1, 0.15) is 5.56 Å². The number of aromatic nitrogens is 1. The summed E-state index contributed by atoms with van der Waals surface area (Å²) in [5.74, 6) is -1.50. The Hall–Kier alpha value is -3.96. The lowest BCUT2D eigenvalue weighted by Crippen LogP contribution is -2.30. The summed E-state index contributed by atoms with van der Waals surface area (Å²) in [6, 6.07) is 14.9. The van der Waals surface area contributed by atoms with E-state index in [-0.39, 0.29) is 23.7 Å². The van der Waals surface area contributed by atoms with Crippen LogP contribution in [0.2, 0.25) is 0 Å². The van der Waals surface area contributed by atoms with Crippen molar-refractivity contribution in [1.82, 2.24) is 9.88 Å². The zero-order chi connectivity index (χ0) is 22.2. The van der Waals surface area contributed by atoms with Crippen molar-refractivity contribution in [3.05, 3.63) is 71.7 Å². The van der Waals surface area contributed by atoms with Gasteiger partial charge < -0.3 is 19.9 Å². The predicted molar refractivity (Wildman–Crippen MR) is 115 cm³/mol. The Morgan fingerprint density at radius 2 is 1.94 bits per heavy atom. The summed E-state index contributed by atoms with van der Waals surface area (Å²) in [6.45, 7) is 0.881. The highest BCUT2D eigenvalue weighted by Gasteiger charge is 2.15. The number of nitrogens with one attached hydrogen (secondary N) is 2. The molecule has 2 aromatic carbocycles. The van der Waals surface area contributed by atoms with Crippen LogP contribution in [0.3, 0.4) is 0 Å². The molecule has 0 aliphatic rings. The van der Waals surface area contributed by atoms with Crippen molar-refractivity contribution in [2.45, 2.75) is 6.54 Å². The Balaban J connectivity index is 1.88. The number of anilines is 1. The van der Waals surface area contributed by atoms with Crippen LogP contribution >= 0.6 is 0 Å². The van der Waals surface area contributed by atoms with E-state index in [4.69, 9.17) is 4.74 Å². The van der Waals surface area contributed by atoms with Crippen LogP contribution < -0.4 is 10.6 Å². The van der Waals surface area contributed by atoms with E-state index in [2.05, 4.69) is 10.6 Å². The molecule has 0 atom stereocenters. The van der Waals surface area contributed by atoms with E-state index >= 15 is 0 Å². The highest BCUT2D eigenvalue weighted by molar-refractivity contribution is 6.10. The van der Waals surface area contributed by atoms with Gasteiger partial charge in [-0.05, 0) is 24.3 Å². The van der Waals surface area contributed by atoms with Gasteiger partial charge in [0.25, 0.3) is 5.91 Å². The van der Waals surface area contributed by atoms with Crippen molar-refractivity contribution in [2.75, 3.05) is 25.6 Å². The van der Waals surface area contributed by atoms with Crippen LogP contribution in [0.5, 0.6) is 0 Å². The van der Waals surface area contributed by atoms with Crippen LogP contribution in [0.15, 0.2) is 60.3 Å². The quantitative estimate of drug-likeness (QED) is 0.333. The van der Waals surface area contributed by atoms with Gasteiger partial charge in [-0.2, -0.15) is 5.26 Å². The number of nitriles is 1. The summed E-state index contributed by atoms with van der Waals surface area (Å²) in [7, 11) is 1.55. The molecular formula is C23H21FN4O3. The number of para-hydroxylation sites is 2. The highest BCUT2D eigenvalue weighted by Crippen LogP contribution is 2.24. The van der Waals surface area contributed by atoms with Crippen LogP contribution in [-0.2, 0) is 20.9 Å². The van der Waals surface area contributed by atoms with E-state index in [9.17, 15) is 19.2 Å². The lowest BCUT2D eigenvalue weighted by molar-refractivity contribution is -0.121. The fourth-order valence-electron chi connectivity index (χ4n) is 3.08. The number of nitrogens with zero attached hydrogens (tertiary/aromatic N) is 2. The first-order valence-corrected chi connectivity index (χ1v) is 9.54. The van der Waals surface area contributed by atoms with Crippen LogP contribution in [0.25, 0.3) is 17.0 Å². The summed E-state index contributed by atoms with van der Waals surface area (Å²) < 4.78 is 20.5. The number of hydrogen-bond donors (Lipinski definition) is 2. The topological polar surface area (TPSA) is 96.2 Å². The number of halogens is 1. The number of ether oxygens (including phenoxy) is 1. The smallest absolute Gasteiger partial charge is 0.266 e. The molecule has 0 spiro atoms. The molecule has 0 saturated heterocycles. The highest BCUT2D eigenvalue weighted by atomic mass is 19.1. The number of carbonyl (C=O) groups excluding carboxylic acids is 2. The molecule has 0 aliphatic heterocycles. The van der Waals surface area contributed by atoms with Crippen molar-refractivity contribution < 1.29 is 18.7 Å². The Labute approximate surface area is 178 Å². The zero-order valence-corrected chi connectivity index (χ0v) is 16.9. The number of benzene rings is 2. The molecule has 0 unspecified atom stereocenters. The van der Waals surface area contributed by atoms with Crippen molar-refractivity contribution in [3.8, 4) is 6.07 Å². The Bertz CT molecular complexity index is 1180. The second-order valence-corrected chi connectivity index (χ2v) is 6.68. The number of carbonyl (C=O) groups is 2. The van der Waals surface area contributed by atoms with Gasteiger partial charge in [-0.15, -0.1) is 0 Å². The van der Waals surface area contributed by atoms with Crippen molar-refractivity contribution in [2.24, 2.45) is 0 Å². The van der Waals surface area contributed by atoms with Gasteiger partial charge in [0.05, 0.1) is 12.3 Å². The molecule has 8 heteroatoms. The average Bonchev–Trinajstić information content (AvgIpc) is 3.11. The van der Waals surface area contributed by atoms with E-state index in [0.29, 0.717) is 18.7 Å². The second-order valence-electron chi connectivity index (χ2n) is 6.68. The lowest BCUT2D eigenvalue weighted by Gasteiger charge is -2.06. The predicted octanol–water partition coefficient (Wildman–Crippen LogP) is 3.09. The largest absolute Gasteiger partial charge is 0.383 e. The molecule has 2 N–H and O–H groups in total. The van der Waals surface area contributed by atoms with E-state index in [1.54, 1.807) is 23.9 Å². The molecule has 0 aliphatic carbocycles. The molecule has 0 fully saturated rings. The van der Waals surface area contributed by atoms with Crippen molar-refractivity contribution in [1.29, 1.82) is 5.26 Å². The molecular weight excluding hydrogens is 399 g/mol. The molecule has 7 nitrogen and oxygen atoms in total. The van der Waals surface area contributed by atoms with E-state index in [0.717, 1.165) is 10.9 Å². The third kappa shape index (κ3) is 5.35. The summed E-state index contributed by atoms with van der Waals surface area (Å²) in [6.07, 6.45) is 3.13. The maximum atomic E-state index is 13.8. The third-order valence-corrected chi connectivity index (χ3v) is 4.55.